The Labute approximate surface area is 215 Å². The number of piperidine rings is 2. The van der Waals surface area contributed by atoms with Gasteiger partial charge in [-0.2, -0.15) is 0 Å². The fourth-order valence-corrected chi connectivity index (χ4v) is 8.74. The van der Waals surface area contributed by atoms with Gasteiger partial charge in [0.1, 0.15) is 0 Å². The van der Waals surface area contributed by atoms with Gasteiger partial charge in [0.15, 0.2) is 0 Å². The number of aliphatic imine (C=N–C) groups is 1. The van der Waals surface area contributed by atoms with Crippen LogP contribution in [0.2, 0.25) is 0 Å². The molecule has 0 aromatic heterocycles. The van der Waals surface area contributed by atoms with Crippen LogP contribution >= 0.6 is 7.60 Å². The monoisotopic (exact) mass is 515 g/mol. The summed E-state index contributed by atoms with van der Waals surface area (Å²) in [4.78, 5) is 41.4. The summed E-state index contributed by atoms with van der Waals surface area (Å²) in [6, 6.07) is 0.854. The average Bonchev–Trinajstić information content (AvgIpc) is 2.82. The van der Waals surface area contributed by atoms with Gasteiger partial charge in [0.05, 0.1) is 12.2 Å². The third-order valence-corrected chi connectivity index (χ3v) is 11.0. The molecule has 198 valence electrons. The van der Waals surface area contributed by atoms with Gasteiger partial charge in [-0.05, 0) is 87.2 Å². The van der Waals surface area contributed by atoms with Crippen LogP contribution in [0, 0.1) is 23.2 Å². The van der Waals surface area contributed by atoms with E-state index in [1.54, 1.807) is 29.2 Å². The van der Waals surface area contributed by atoms with Crippen molar-refractivity contribution in [2.24, 2.45) is 28.2 Å². The lowest BCUT2D eigenvalue weighted by atomic mass is 9.45. The van der Waals surface area contributed by atoms with Crippen molar-refractivity contribution in [2.75, 3.05) is 13.1 Å². The third-order valence-electron chi connectivity index (χ3n) is 10.1. The second kappa shape index (κ2) is 9.98. The lowest BCUT2D eigenvalue weighted by Crippen LogP contribution is -2.60. The highest BCUT2D eigenvalue weighted by Crippen LogP contribution is 2.62. The minimum Gasteiger partial charge on any atom is -0.328 e. The van der Waals surface area contributed by atoms with Crippen molar-refractivity contribution in [2.45, 2.75) is 89.8 Å². The molecule has 3 aliphatic heterocycles. The molecular weight excluding hydrogens is 473 g/mol. The summed E-state index contributed by atoms with van der Waals surface area (Å²) < 4.78 is 12.1. The number of nitrogens with zero attached hydrogens (tertiary/aromatic N) is 3. The maximum atomic E-state index is 13.2. The molecule has 4 bridgehead atoms. The number of hydrogen-bond acceptors (Lipinski definition) is 4. The molecule has 0 aromatic carbocycles. The molecule has 3 heterocycles. The molecule has 3 aliphatic carbocycles. The van der Waals surface area contributed by atoms with Gasteiger partial charge in [-0.1, -0.05) is 45.1 Å². The zero-order valence-corrected chi connectivity index (χ0v) is 22.7. The van der Waals surface area contributed by atoms with Gasteiger partial charge in [-0.25, -0.2) is 4.99 Å². The normalized spacial score (nSPS) is 37.7. The van der Waals surface area contributed by atoms with Crippen LogP contribution in [0.4, 0.5) is 0 Å². The number of fused-ring (bicyclic) bond motifs is 4. The maximum absolute atomic E-state index is 13.2. The molecule has 6 rings (SSSR count). The van der Waals surface area contributed by atoms with Crippen molar-refractivity contribution < 1.29 is 19.1 Å². The zero-order valence-electron chi connectivity index (χ0n) is 21.8. The summed E-state index contributed by atoms with van der Waals surface area (Å²) >= 11 is 0. The fraction of sp³-hybridized carbons (Fsp3) is 0.714. The van der Waals surface area contributed by atoms with Crippen LogP contribution in [0.3, 0.4) is 0 Å². The number of carbonyl (C=O) groups excluding carboxylic acids is 1. The van der Waals surface area contributed by atoms with Crippen LogP contribution in [-0.4, -0.2) is 62.2 Å². The zero-order chi connectivity index (χ0) is 25.7. The molecule has 0 aromatic rings. The van der Waals surface area contributed by atoms with E-state index in [2.05, 4.69) is 30.3 Å². The van der Waals surface area contributed by atoms with E-state index >= 15 is 0 Å². The van der Waals surface area contributed by atoms with Crippen molar-refractivity contribution in [1.29, 1.82) is 0 Å². The first kappa shape index (κ1) is 26.1. The van der Waals surface area contributed by atoms with Crippen LogP contribution in [0.15, 0.2) is 41.6 Å². The Morgan fingerprint density at radius 2 is 1.81 bits per heavy atom. The number of hydrogen-bond donors (Lipinski definition) is 2. The minimum atomic E-state index is -4.77. The van der Waals surface area contributed by atoms with E-state index < -0.39 is 19.0 Å². The minimum absolute atomic E-state index is 0.0195. The van der Waals surface area contributed by atoms with Crippen molar-refractivity contribution in [3.05, 3.63) is 36.6 Å². The first-order valence-corrected chi connectivity index (χ1v) is 15.4. The van der Waals surface area contributed by atoms with E-state index in [4.69, 9.17) is 0 Å². The van der Waals surface area contributed by atoms with Gasteiger partial charge in [0.2, 0.25) is 5.45 Å². The Kier molecular flexibility index (Phi) is 7.23. The first-order chi connectivity index (χ1) is 17.1. The van der Waals surface area contributed by atoms with Crippen molar-refractivity contribution in [3.8, 4) is 0 Å². The molecular formula is C28H42N3O4P. The highest BCUT2D eigenvalue weighted by Gasteiger charge is 2.54. The highest BCUT2D eigenvalue weighted by molar-refractivity contribution is 7.73. The molecule has 0 radical (unpaired) electrons. The first-order valence-electron chi connectivity index (χ1n) is 13.8. The second-order valence-electron chi connectivity index (χ2n) is 12.3. The predicted molar refractivity (Wildman–Crippen MR) is 142 cm³/mol. The summed E-state index contributed by atoms with van der Waals surface area (Å²) in [5.41, 5.74) is 0.389. The fourth-order valence-electron chi connectivity index (χ4n) is 8.11. The Bertz CT molecular complexity index is 1010. The molecule has 6 aliphatic rings. The molecule has 5 fully saturated rings. The lowest BCUT2D eigenvalue weighted by molar-refractivity contribution is -0.129. The van der Waals surface area contributed by atoms with Crippen LogP contribution in [0.5, 0.6) is 0 Å². The number of carbonyl (C=O) groups is 1. The molecule has 2 N–H and O–H groups in total. The summed E-state index contributed by atoms with van der Waals surface area (Å²) in [7, 11) is -4.77. The largest absolute Gasteiger partial charge is 0.380 e. The van der Waals surface area contributed by atoms with E-state index in [1.807, 2.05) is 0 Å². The van der Waals surface area contributed by atoms with Crippen LogP contribution in [-0.2, 0) is 9.36 Å². The van der Waals surface area contributed by atoms with Gasteiger partial charge in [0.25, 0.3) is 5.91 Å². The SMILES string of the molecule is C=C/C=C\C=C1/CN([C@H]2C[C@H]3CCC[C@@H](C2)N3CC[C@@H]2CC[C@H]3C[C@@H]2C3(C)C)C(=O)C(P(=O)(O)O)=N1. The van der Waals surface area contributed by atoms with Gasteiger partial charge >= 0.3 is 7.60 Å². The standard InChI is InChI=1S/C28H42N3O4P/c1-4-5-6-8-21-18-31(27(32)26(29-21)36(33,34)35)24-16-22-9-7-10-23(17-24)30(22)14-13-19-11-12-20-15-25(19)28(20,2)3/h4-6,8,19-20,22-25H,1,7,9-18H2,2-3H3,(H2,33,34,35)/b6-5-,21-8+/t19-,20-,22-,23+,24+,25-/m0/s1. The smallest absolute Gasteiger partial charge is 0.328 e. The van der Waals surface area contributed by atoms with E-state index in [0.717, 1.165) is 50.0 Å². The molecule has 0 spiro atoms. The van der Waals surface area contributed by atoms with Gasteiger partial charge in [0, 0.05) is 18.1 Å². The average molecular weight is 516 g/mol. The number of allylic oxidation sites excluding steroid dienone is 4. The summed E-state index contributed by atoms with van der Waals surface area (Å²) in [5.74, 6) is 2.05. The van der Waals surface area contributed by atoms with Gasteiger partial charge in [-0.15, -0.1) is 0 Å². The molecule has 6 atom stereocenters. The Hall–Kier alpha value is -1.53. The van der Waals surface area contributed by atoms with Gasteiger partial charge in [-0.3, -0.25) is 14.3 Å². The summed E-state index contributed by atoms with van der Waals surface area (Å²) in [6.07, 6.45) is 17.5. The van der Waals surface area contributed by atoms with Gasteiger partial charge < -0.3 is 14.7 Å². The van der Waals surface area contributed by atoms with Crippen LogP contribution in [0.25, 0.3) is 0 Å². The molecule has 2 saturated heterocycles. The summed E-state index contributed by atoms with van der Waals surface area (Å²) in [5, 5.41) is 0. The highest BCUT2D eigenvalue weighted by atomic mass is 31.2. The van der Waals surface area contributed by atoms with E-state index in [9.17, 15) is 19.1 Å². The van der Waals surface area contributed by atoms with E-state index in [1.165, 1.54) is 32.1 Å². The van der Waals surface area contributed by atoms with E-state index in [0.29, 0.717) is 23.2 Å². The van der Waals surface area contributed by atoms with Crippen molar-refractivity contribution >= 4 is 19.0 Å². The Balaban J connectivity index is 1.28. The van der Waals surface area contributed by atoms with Crippen molar-refractivity contribution in [3.63, 3.8) is 0 Å². The number of amides is 1. The number of rotatable bonds is 7. The second-order valence-corrected chi connectivity index (χ2v) is 13.8. The van der Waals surface area contributed by atoms with Crippen LogP contribution in [0.1, 0.15) is 71.6 Å². The van der Waals surface area contributed by atoms with Crippen LogP contribution < -0.4 is 0 Å². The maximum Gasteiger partial charge on any atom is 0.380 e. The third kappa shape index (κ3) is 4.84. The molecule has 0 unspecified atom stereocenters. The molecule has 1 amide bonds. The Morgan fingerprint density at radius 3 is 2.42 bits per heavy atom. The molecule has 36 heavy (non-hydrogen) atoms. The molecule has 8 heteroatoms. The quantitative estimate of drug-likeness (QED) is 0.372. The summed E-state index contributed by atoms with van der Waals surface area (Å²) in [6.45, 7) is 10.0. The van der Waals surface area contributed by atoms with Crippen molar-refractivity contribution in [1.82, 2.24) is 9.80 Å². The van der Waals surface area contributed by atoms with E-state index in [-0.39, 0.29) is 12.6 Å². The lowest BCUT2D eigenvalue weighted by Gasteiger charge is -2.60. The Morgan fingerprint density at radius 1 is 1.08 bits per heavy atom. The predicted octanol–water partition coefficient (Wildman–Crippen LogP) is 4.88. The molecule has 3 saturated carbocycles. The topological polar surface area (TPSA) is 93.4 Å². The molecule has 7 nitrogen and oxygen atoms in total.